The average Bonchev–Trinajstić information content (AvgIpc) is 3.77. The zero-order chi connectivity index (χ0) is 30.1. The number of hydrogen-bond donors (Lipinski definition) is 4. The van der Waals surface area contributed by atoms with Crippen LogP contribution < -0.4 is 5.73 Å². The van der Waals surface area contributed by atoms with E-state index in [0.717, 1.165) is 0 Å². The topological polar surface area (TPSA) is 217 Å². The summed E-state index contributed by atoms with van der Waals surface area (Å²) in [5.41, 5.74) is 6.68. The van der Waals surface area contributed by atoms with Gasteiger partial charge in [0.05, 0.1) is 24.6 Å². The molecular weight excluding hydrogens is 582 g/mol. The Labute approximate surface area is 247 Å². The third-order valence-corrected chi connectivity index (χ3v) is 7.43. The van der Waals surface area contributed by atoms with E-state index in [1.54, 1.807) is 53.4 Å². The number of carbonyl (C=O) groups is 2. The number of halogens is 1. The van der Waals surface area contributed by atoms with E-state index in [1.807, 2.05) is 0 Å². The summed E-state index contributed by atoms with van der Waals surface area (Å²) in [6.45, 7) is -0.0913. The van der Waals surface area contributed by atoms with Crippen molar-refractivity contribution < 1.29 is 29.3 Å². The first-order valence-corrected chi connectivity index (χ1v) is 13.5. The molecule has 0 spiro atoms. The lowest BCUT2D eigenvalue weighted by Gasteiger charge is -2.28. The third-order valence-electron chi connectivity index (χ3n) is 7.26. The van der Waals surface area contributed by atoms with E-state index in [1.165, 1.54) is 6.07 Å². The summed E-state index contributed by atoms with van der Waals surface area (Å²) in [5.74, 6) is -2.37. The highest BCUT2D eigenvalue weighted by Gasteiger charge is 2.47. The number of tetrazole rings is 1. The summed E-state index contributed by atoms with van der Waals surface area (Å²) < 4.78 is 14.0. The monoisotopic (exact) mass is 605 g/mol. The van der Waals surface area contributed by atoms with Crippen LogP contribution in [0.2, 0.25) is 5.28 Å². The van der Waals surface area contributed by atoms with Gasteiger partial charge < -0.3 is 25.4 Å². The molecule has 0 amide bonds. The molecule has 0 aliphatic carbocycles. The maximum Gasteiger partial charge on any atom is 0.344 e. The quantitative estimate of drug-likeness (QED) is 0.168. The van der Waals surface area contributed by atoms with Gasteiger partial charge in [-0.05, 0) is 47.2 Å². The minimum absolute atomic E-state index is 0.0184. The van der Waals surface area contributed by atoms with Crippen LogP contribution in [0.5, 0.6) is 0 Å². The first kappa shape index (κ1) is 28.1. The van der Waals surface area contributed by atoms with Crippen molar-refractivity contribution in [3.8, 4) is 11.1 Å². The number of aromatic nitrogens is 8. The lowest BCUT2D eigenvalue weighted by molar-refractivity contribution is -0.175. The number of H-pyrrole nitrogens is 1. The molecule has 3 atom stereocenters. The van der Waals surface area contributed by atoms with Gasteiger partial charge in [0.25, 0.3) is 0 Å². The molecule has 6 rings (SSSR count). The fourth-order valence-electron chi connectivity index (χ4n) is 5.14. The van der Waals surface area contributed by atoms with Crippen molar-refractivity contribution in [1.82, 2.24) is 40.1 Å². The smallest absolute Gasteiger partial charge is 0.344 e. The highest BCUT2D eigenvalue weighted by molar-refractivity contribution is 6.28. The molecule has 15 nitrogen and oxygen atoms in total. The van der Waals surface area contributed by atoms with Crippen LogP contribution in [0, 0.1) is 0 Å². The van der Waals surface area contributed by atoms with Gasteiger partial charge in [-0.25, -0.2) is 14.6 Å². The predicted molar refractivity (Wildman–Crippen MR) is 150 cm³/mol. The first-order valence-electron chi connectivity index (χ1n) is 13.1. The number of aliphatic carboxylic acids is 1. The van der Waals surface area contributed by atoms with Gasteiger partial charge in [-0.15, -0.1) is 10.2 Å². The normalized spacial score (nSPS) is 18.1. The summed E-state index contributed by atoms with van der Waals surface area (Å²) in [5, 5.41) is 33.7. The van der Waals surface area contributed by atoms with Crippen LogP contribution in [0.25, 0.3) is 22.3 Å². The summed E-state index contributed by atoms with van der Waals surface area (Å²) in [4.78, 5) is 36.9. The molecule has 5 N–H and O–H groups in total. The highest BCUT2D eigenvalue weighted by Crippen LogP contribution is 2.35. The van der Waals surface area contributed by atoms with Crippen LogP contribution in [-0.2, 0) is 26.3 Å². The van der Waals surface area contributed by atoms with Crippen LogP contribution in [0.1, 0.15) is 40.8 Å². The van der Waals surface area contributed by atoms with Gasteiger partial charge in [0.15, 0.2) is 11.5 Å². The largest absolute Gasteiger partial charge is 0.479 e. The zero-order valence-corrected chi connectivity index (χ0v) is 23.0. The van der Waals surface area contributed by atoms with Gasteiger partial charge >= 0.3 is 11.9 Å². The summed E-state index contributed by atoms with van der Waals surface area (Å²) >= 11 is 5.99. The van der Waals surface area contributed by atoms with E-state index < -0.39 is 29.9 Å². The van der Waals surface area contributed by atoms with Crippen molar-refractivity contribution in [3.63, 3.8) is 0 Å². The fraction of sp³-hybridized carbons (Fsp3) is 0.259. The van der Waals surface area contributed by atoms with Gasteiger partial charge in [-0.1, -0.05) is 47.7 Å². The minimum Gasteiger partial charge on any atom is -0.479 e. The van der Waals surface area contributed by atoms with Crippen LogP contribution >= 0.6 is 11.6 Å². The van der Waals surface area contributed by atoms with E-state index in [0.29, 0.717) is 40.7 Å². The molecule has 3 aromatic heterocycles. The van der Waals surface area contributed by atoms with Gasteiger partial charge in [-0.2, -0.15) is 15.2 Å². The van der Waals surface area contributed by atoms with Gasteiger partial charge in [0.1, 0.15) is 11.7 Å². The average molecular weight is 606 g/mol. The molecule has 43 heavy (non-hydrogen) atoms. The number of imidazole rings is 1. The Morgan fingerprint density at radius 1 is 1.14 bits per heavy atom. The van der Waals surface area contributed by atoms with Gasteiger partial charge in [0.2, 0.25) is 16.7 Å². The van der Waals surface area contributed by atoms with Crippen LogP contribution in [0.15, 0.2) is 54.9 Å². The number of benzene rings is 2. The van der Waals surface area contributed by atoms with Gasteiger partial charge in [0, 0.05) is 6.42 Å². The number of hydrogen-bond acceptors (Lipinski definition) is 11. The van der Waals surface area contributed by atoms with Crippen molar-refractivity contribution in [2.75, 3.05) is 12.3 Å². The maximum absolute atomic E-state index is 12.8. The van der Waals surface area contributed by atoms with Crippen molar-refractivity contribution in [1.29, 1.82) is 0 Å². The molecular formula is C27H24ClN9O6. The van der Waals surface area contributed by atoms with Crippen molar-refractivity contribution in [2.45, 2.75) is 37.2 Å². The third kappa shape index (κ3) is 5.36. The molecule has 2 aromatic carbocycles. The van der Waals surface area contributed by atoms with E-state index in [4.69, 9.17) is 26.8 Å². The molecule has 4 heterocycles. The van der Waals surface area contributed by atoms with Gasteiger partial charge in [-0.3, -0.25) is 4.57 Å². The van der Waals surface area contributed by atoms with E-state index in [9.17, 15) is 19.8 Å². The molecule has 220 valence electrons. The number of carboxylic acid groups (broad SMARTS) is 2. The lowest BCUT2D eigenvalue weighted by Crippen LogP contribution is -2.44. The molecule has 5 aromatic rings. The summed E-state index contributed by atoms with van der Waals surface area (Å²) in [6, 6.07) is 13.5. The number of carboxylic acids is 2. The Morgan fingerprint density at radius 3 is 2.65 bits per heavy atom. The Hall–Kier alpha value is -4.99. The number of anilines is 1. The van der Waals surface area contributed by atoms with E-state index >= 15 is 0 Å². The molecule has 0 bridgehead atoms. The van der Waals surface area contributed by atoms with Crippen LogP contribution in [0.4, 0.5) is 5.82 Å². The number of nitrogens with two attached hydrogens (primary N) is 1. The molecule has 1 aliphatic rings. The molecule has 16 heteroatoms. The standard InChI is InChI=1S/C27H24ClN9O6/c28-26-31-21(29)20-22(32-26)37(13-30-20)19-10-9-16(43-19)12-42-27(25(40)41,24-33-35-36-34-24)11-14-5-7-15(8-6-14)17-3-1-2-4-18(17)23(38)39/h1-8,13,16,19H,9-12H2,(H,38,39)(H,40,41)(H2,29,31,32)(H,33,34,35,36)/t16-,19+,27?/m0/s1. The highest BCUT2D eigenvalue weighted by atomic mass is 35.5. The molecule has 1 saturated heterocycles. The van der Waals surface area contributed by atoms with Crippen LogP contribution in [-0.4, -0.2) is 75.0 Å². The number of ether oxygens (including phenoxy) is 2. The number of nitrogen functional groups attached to an aromatic ring is 1. The molecule has 1 aliphatic heterocycles. The van der Waals surface area contributed by atoms with Crippen molar-refractivity contribution in [3.05, 3.63) is 77.1 Å². The SMILES string of the molecule is Nc1nc(Cl)nc2c1ncn2[C@H]1CC[C@@H](COC(Cc2ccc(-c3ccccc3C(=O)O)cc2)(C(=O)O)c2nn[nH]n2)O1. The Morgan fingerprint density at radius 2 is 1.93 bits per heavy atom. The second kappa shape index (κ2) is 11.4. The Bertz CT molecular complexity index is 1800. The number of fused-ring (bicyclic) bond motifs is 1. The number of aromatic amines is 1. The predicted octanol–water partition coefficient (Wildman–Crippen LogP) is 2.86. The van der Waals surface area contributed by atoms with E-state index in [2.05, 4.69) is 35.6 Å². The lowest BCUT2D eigenvalue weighted by atomic mass is 9.91. The maximum atomic E-state index is 12.8. The Balaban J connectivity index is 1.22. The number of nitrogens with one attached hydrogen (secondary N) is 1. The number of nitrogens with zero attached hydrogens (tertiary/aromatic N) is 7. The van der Waals surface area contributed by atoms with E-state index in [-0.39, 0.29) is 35.5 Å². The van der Waals surface area contributed by atoms with Crippen molar-refractivity contribution >= 4 is 40.5 Å². The molecule has 1 fully saturated rings. The van der Waals surface area contributed by atoms with Crippen molar-refractivity contribution in [2.24, 2.45) is 0 Å². The zero-order valence-electron chi connectivity index (χ0n) is 22.3. The first-order chi connectivity index (χ1) is 20.7. The summed E-state index contributed by atoms with van der Waals surface area (Å²) in [6.07, 6.45) is 1.59. The fourth-order valence-corrected chi connectivity index (χ4v) is 5.31. The Kier molecular flexibility index (Phi) is 7.43. The summed E-state index contributed by atoms with van der Waals surface area (Å²) in [7, 11) is 0. The molecule has 1 unspecified atom stereocenters. The van der Waals surface area contributed by atoms with Crippen LogP contribution in [0.3, 0.4) is 0 Å². The number of aromatic carboxylic acids is 1. The second-order valence-corrected chi connectivity index (χ2v) is 10.2. The second-order valence-electron chi connectivity index (χ2n) is 9.90. The molecule has 0 radical (unpaired) electrons. The molecule has 0 saturated carbocycles. The minimum atomic E-state index is -1.99. The number of rotatable bonds is 10.